The minimum Gasteiger partial charge on any atom is -0.355 e. The van der Waals surface area contributed by atoms with Crippen LogP contribution in [0.25, 0.3) is 11.0 Å². The quantitative estimate of drug-likeness (QED) is 0.217. The second kappa shape index (κ2) is 14.6. The van der Waals surface area contributed by atoms with Gasteiger partial charge in [-0.15, -0.1) is 0 Å². The van der Waals surface area contributed by atoms with E-state index < -0.39 is 17.2 Å². The van der Waals surface area contributed by atoms with Gasteiger partial charge in [0.25, 0.3) is 0 Å². The van der Waals surface area contributed by atoms with Crippen LogP contribution in [0.3, 0.4) is 0 Å². The molecular weight excluding hydrogens is 404 g/mol. The maximum atomic E-state index is 12.6. The van der Waals surface area contributed by atoms with Gasteiger partial charge in [-0.25, -0.2) is 5.01 Å². The molecule has 0 radical (unpaired) electrons. The highest BCUT2D eigenvalue weighted by molar-refractivity contribution is 6.38. The fraction of sp³-hybridized carbons (Fsp3) is 0.654. The van der Waals surface area contributed by atoms with E-state index in [9.17, 15) is 14.4 Å². The number of rotatable bonds is 17. The molecule has 178 valence electrons. The number of benzene rings is 1. The van der Waals surface area contributed by atoms with Crippen molar-refractivity contribution in [2.75, 3.05) is 11.6 Å². The van der Waals surface area contributed by atoms with Crippen LogP contribution >= 0.6 is 0 Å². The fourth-order valence-corrected chi connectivity index (χ4v) is 4.03. The number of ketones is 1. The molecule has 0 saturated heterocycles. The van der Waals surface area contributed by atoms with E-state index in [2.05, 4.69) is 6.92 Å². The zero-order valence-corrected chi connectivity index (χ0v) is 19.9. The summed E-state index contributed by atoms with van der Waals surface area (Å²) in [6.07, 6.45) is 17.4. The van der Waals surface area contributed by atoms with Crippen LogP contribution in [-0.4, -0.2) is 23.1 Å². The zero-order valence-electron chi connectivity index (χ0n) is 19.9. The summed E-state index contributed by atoms with van der Waals surface area (Å²) in [4.78, 5) is 37.6. The van der Waals surface area contributed by atoms with Gasteiger partial charge in [0.05, 0.1) is 5.39 Å². The van der Waals surface area contributed by atoms with Crippen molar-refractivity contribution in [1.82, 2.24) is 4.85 Å². The average Bonchev–Trinajstić information content (AvgIpc) is 3.12. The van der Waals surface area contributed by atoms with Crippen molar-refractivity contribution in [3.8, 4) is 0 Å². The number of hydrogen-bond acceptors (Lipinski definition) is 4. The topological polar surface area (TPSA) is 72.5 Å². The Bertz CT molecular complexity index is 883. The molecule has 0 aliphatic heterocycles. The van der Waals surface area contributed by atoms with Gasteiger partial charge >= 0.3 is 11.5 Å². The lowest BCUT2D eigenvalue weighted by atomic mass is 10.0. The Hall–Kier alpha value is -2.37. The highest BCUT2D eigenvalue weighted by atomic mass is 16.5. The molecule has 0 atom stereocenters. The van der Waals surface area contributed by atoms with E-state index in [1.54, 1.807) is 24.3 Å². The van der Waals surface area contributed by atoms with E-state index >= 15 is 0 Å². The van der Waals surface area contributed by atoms with Gasteiger partial charge < -0.3 is 4.52 Å². The zero-order chi connectivity index (χ0) is 23.2. The molecule has 1 heterocycles. The summed E-state index contributed by atoms with van der Waals surface area (Å²) < 4.78 is 5.56. The van der Waals surface area contributed by atoms with Crippen LogP contribution in [0, 0.1) is 0 Å². The molecule has 6 nitrogen and oxygen atoms in total. The molecule has 0 unspecified atom stereocenters. The molecule has 0 spiro atoms. The Morgan fingerprint density at radius 1 is 0.812 bits per heavy atom. The van der Waals surface area contributed by atoms with Gasteiger partial charge in [0.2, 0.25) is 5.78 Å². The number of para-hydroxylation sites is 1. The van der Waals surface area contributed by atoms with Gasteiger partial charge in [-0.3, -0.25) is 14.4 Å². The normalized spacial score (nSPS) is 11.2. The van der Waals surface area contributed by atoms with Gasteiger partial charge in [0.1, 0.15) is 0 Å². The predicted molar refractivity (Wildman–Crippen MR) is 130 cm³/mol. The SMILES string of the molecule is CCCCCCCCCCCCCCCCN(C(=O)C(C)=O)n1oc2ccccc2c1=O. The lowest BCUT2D eigenvalue weighted by molar-refractivity contribution is -0.136. The van der Waals surface area contributed by atoms with Crippen LogP contribution in [0.15, 0.2) is 33.6 Å². The van der Waals surface area contributed by atoms with Crippen molar-refractivity contribution >= 4 is 22.7 Å². The highest BCUT2D eigenvalue weighted by Crippen LogP contribution is 2.14. The smallest absolute Gasteiger partial charge is 0.312 e. The van der Waals surface area contributed by atoms with Gasteiger partial charge in [-0.2, -0.15) is 0 Å². The predicted octanol–water partition coefficient (Wildman–Crippen LogP) is 6.13. The van der Waals surface area contributed by atoms with Gasteiger partial charge in [-0.05, 0) is 18.6 Å². The number of carbonyl (C=O) groups excluding carboxylic acids is 2. The van der Waals surface area contributed by atoms with Gasteiger partial charge in [0.15, 0.2) is 5.58 Å². The van der Waals surface area contributed by atoms with Crippen LogP contribution in [-0.2, 0) is 9.59 Å². The molecule has 2 aromatic rings. The maximum absolute atomic E-state index is 12.6. The molecule has 32 heavy (non-hydrogen) atoms. The molecule has 0 bridgehead atoms. The van der Waals surface area contributed by atoms with E-state index in [-0.39, 0.29) is 6.54 Å². The Morgan fingerprint density at radius 2 is 1.31 bits per heavy atom. The molecule has 0 aliphatic rings. The summed E-state index contributed by atoms with van der Waals surface area (Å²) in [5, 5.41) is 1.54. The van der Waals surface area contributed by atoms with E-state index in [0.717, 1.165) is 29.1 Å². The number of hydrogen-bond donors (Lipinski definition) is 0. The Balaban J connectivity index is 1.67. The molecule has 1 aromatic carbocycles. The Kier molecular flexibility index (Phi) is 11.8. The third-order valence-corrected chi connectivity index (χ3v) is 5.95. The third-order valence-electron chi connectivity index (χ3n) is 5.95. The average molecular weight is 445 g/mol. The fourth-order valence-electron chi connectivity index (χ4n) is 4.03. The van der Waals surface area contributed by atoms with Crippen LogP contribution in [0.4, 0.5) is 0 Å². The van der Waals surface area contributed by atoms with Gasteiger partial charge in [-0.1, -0.05) is 107 Å². The first-order valence-corrected chi connectivity index (χ1v) is 12.5. The summed E-state index contributed by atoms with van der Waals surface area (Å²) in [5.41, 5.74) is -0.0135. The van der Waals surface area contributed by atoms with Crippen LogP contribution in [0.1, 0.15) is 104 Å². The molecular formula is C26H40N2O4. The first-order chi connectivity index (χ1) is 15.6. The first kappa shape index (κ1) is 25.9. The number of nitrogens with zero attached hydrogens (tertiary/aromatic N) is 2. The minimum atomic E-state index is -0.721. The van der Waals surface area contributed by atoms with E-state index in [1.165, 1.54) is 77.6 Å². The van der Waals surface area contributed by atoms with Crippen molar-refractivity contribution in [2.24, 2.45) is 0 Å². The van der Waals surface area contributed by atoms with Crippen molar-refractivity contribution in [2.45, 2.75) is 104 Å². The standard InChI is InChI=1S/C26H40N2O4/c1-3-4-5-6-7-8-9-10-11-12-13-14-15-18-21-27(25(30)22(2)29)28-26(31)23-19-16-17-20-24(23)32-28/h16-17,19-20H,3-15,18,21H2,1-2H3. The molecule has 0 saturated carbocycles. The molecule has 1 aromatic heterocycles. The van der Waals surface area contributed by atoms with E-state index in [1.807, 2.05) is 0 Å². The van der Waals surface area contributed by atoms with E-state index in [0.29, 0.717) is 11.0 Å². The molecule has 0 N–H and O–H groups in total. The number of amides is 1. The molecule has 6 heteroatoms. The van der Waals surface area contributed by atoms with Crippen molar-refractivity contribution in [1.29, 1.82) is 0 Å². The van der Waals surface area contributed by atoms with Gasteiger partial charge in [0, 0.05) is 13.5 Å². The van der Waals surface area contributed by atoms with Crippen molar-refractivity contribution < 1.29 is 14.1 Å². The second-order valence-corrected chi connectivity index (χ2v) is 8.75. The minimum absolute atomic E-state index is 0.288. The summed E-state index contributed by atoms with van der Waals surface area (Å²) in [6, 6.07) is 6.84. The first-order valence-electron chi connectivity index (χ1n) is 12.5. The highest BCUT2D eigenvalue weighted by Gasteiger charge is 2.24. The summed E-state index contributed by atoms with van der Waals surface area (Å²) in [7, 11) is 0. The summed E-state index contributed by atoms with van der Waals surface area (Å²) >= 11 is 0. The largest absolute Gasteiger partial charge is 0.355 e. The summed E-state index contributed by atoms with van der Waals surface area (Å²) in [5.74, 6) is -1.33. The second-order valence-electron chi connectivity index (χ2n) is 8.75. The van der Waals surface area contributed by atoms with Crippen LogP contribution in [0.5, 0.6) is 0 Å². The number of unbranched alkanes of at least 4 members (excludes halogenated alkanes) is 13. The molecule has 0 aliphatic carbocycles. The van der Waals surface area contributed by atoms with Crippen molar-refractivity contribution in [3.63, 3.8) is 0 Å². The third kappa shape index (κ3) is 8.29. The molecule has 2 rings (SSSR count). The summed E-state index contributed by atoms with van der Waals surface area (Å²) in [6.45, 7) is 3.76. The Labute approximate surface area is 191 Å². The monoisotopic (exact) mass is 444 g/mol. The number of fused-ring (bicyclic) bond motifs is 1. The number of Topliss-reactive ketones (excluding diaryl/α,β-unsaturated/α-hetero) is 1. The maximum Gasteiger partial charge on any atom is 0.312 e. The molecule has 0 fully saturated rings. The lowest BCUT2D eigenvalue weighted by Gasteiger charge is -2.19. The Morgan fingerprint density at radius 3 is 1.81 bits per heavy atom. The van der Waals surface area contributed by atoms with E-state index in [4.69, 9.17) is 4.52 Å². The lowest BCUT2D eigenvalue weighted by Crippen LogP contribution is -2.48. The number of aromatic nitrogens is 1. The van der Waals surface area contributed by atoms with Crippen LogP contribution in [0.2, 0.25) is 0 Å². The van der Waals surface area contributed by atoms with Crippen LogP contribution < -0.4 is 10.6 Å². The molecule has 1 amide bonds. The number of carbonyl (C=O) groups is 2. The van der Waals surface area contributed by atoms with Crippen molar-refractivity contribution in [3.05, 3.63) is 34.6 Å².